The van der Waals surface area contributed by atoms with Crippen LogP contribution >= 0.6 is 0 Å². The lowest BCUT2D eigenvalue weighted by Gasteiger charge is -2.20. The number of hydrogen-bond acceptors (Lipinski definition) is 4. The fourth-order valence-electron chi connectivity index (χ4n) is 1.25. The Hall–Kier alpha value is -0.130. The summed E-state index contributed by atoms with van der Waals surface area (Å²) in [5, 5.41) is 3.15. The first-order chi connectivity index (χ1) is 7.33. The third kappa shape index (κ3) is 10.4. The molecule has 0 saturated heterocycles. The highest BCUT2D eigenvalue weighted by atomic mass is 32.2. The van der Waals surface area contributed by atoms with Crippen molar-refractivity contribution in [2.24, 2.45) is 0 Å². The minimum absolute atomic E-state index is 0.235. The van der Waals surface area contributed by atoms with E-state index in [1.165, 1.54) is 6.26 Å². The molecule has 0 heterocycles. The number of sulfone groups is 1. The standard InChI is InChI=1S/C11H26N2O2S/c1-11(2)13(3)9-6-5-7-12-8-10-16(4,14)15/h11-12H,5-10H2,1-4H3. The van der Waals surface area contributed by atoms with Gasteiger partial charge in [-0.15, -0.1) is 0 Å². The highest BCUT2D eigenvalue weighted by Gasteiger charge is 2.02. The SMILES string of the molecule is CC(C)N(C)CCCCNCCS(C)(=O)=O. The van der Waals surface area contributed by atoms with Crippen LogP contribution in [0.25, 0.3) is 0 Å². The van der Waals surface area contributed by atoms with E-state index in [1.807, 2.05) is 0 Å². The number of nitrogens with one attached hydrogen (secondary N) is 1. The molecule has 16 heavy (non-hydrogen) atoms. The monoisotopic (exact) mass is 250 g/mol. The van der Waals surface area contributed by atoms with Crippen molar-refractivity contribution in [3.05, 3.63) is 0 Å². The highest BCUT2D eigenvalue weighted by molar-refractivity contribution is 7.90. The molecule has 98 valence electrons. The lowest BCUT2D eigenvalue weighted by atomic mass is 10.2. The molecule has 0 atom stereocenters. The molecular formula is C11H26N2O2S. The summed E-state index contributed by atoms with van der Waals surface area (Å²) in [4.78, 5) is 2.32. The van der Waals surface area contributed by atoms with Crippen LogP contribution < -0.4 is 5.32 Å². The van der Waals surface area contributed by atoms with Crippen molar-refractivity contribution in [2.45, 2.75) is 32.7 Å². The summed E-state index contributed by atoms with van der Waals surface area (Å²) < 4.78 is 21.7. The molecule has 0 unspecified atom stereocenters. The van der Waals surface area contributed by atoms with E-state index in [9.17, 15) is 8.42 Å². The predicted molar refractivity (Wildman–Crippen MR) is 69.6 cm³/mol. The Balaban J connectivity index is 3.29. The summed E-state index contributed by atoms with van der Waals surface area (Å²) >= 11 is 0. The zero-order chi connectivity index (χ0) is 12.6. The van der Waals surface area contributed by atoms with E-state index in [-0.39, 0.29) is 5.75 Å². The summed E-state index contributed by atoms with van der Waals surface area (Å²) in [6, 6.07) is 0.596. The zero-order valence-electron chi connectivity index (χ0n) is 11.0. The van der Waals surface area contributed by atoms with Gasteiger partial charge in [0.25, 0.3) is 0 Å². The highest BCUT2D eigenvalue weighted by Crippen LogP contribution is 1.97. The third-order valence-corrected chi connectivity index (χ3v) is 3.59. The molecule has 5 heteroatoms. The van der Waals surface area contributed by atoms with Crippen molar-refractivity contribution in [1.29, 1.82) is 0 Å². The smallest absolute Gasteiger partial charge is 0.148 e. The van der Waals surface area contributed by atoms with Crippen molar-refractivity contribution >= 4 is 9.84 Å². The number of nitrogens with zero attached hydrogens (tertiary/aromatic N) is 1. The largest absolute Gasteiger partial charge is 0.316 e. The van der Waals surface area contributed by atoms with Crippen LogP contribution in [0.2, 0.25) is 0 Å². The second-order valence-corrected chi connectivity index (χ2v) is 6.92. The normalized spacial score (nSPS) is 12.6. The van der Waals surface area contributed by atoms with Gasteiger partial charge in [0.2, 0.25) is 0 Å². The van der Waals surface area contributed by atoms with Crippen molar-refractivity contribution < 1.29 is 8.42 Å². The number of unbranched alkanes of at least 4 members (excludes halogenated alkanes) is 1. The number of rotatable bonds is 9. The van der Waals surface area contributed by atoms with Crippen molar-refractivity contribution in [3.63, 3.8) is 0 Å². The van der Waals surface area contributed by atoms with Gasteiger partial charge in [-0.2, -0.15) is 0 Å². The molecular weight excluding hydrogens is 224 g/mol. The van der Waals surface area contributed by atoms with E-state index in [0.29, 0.717) is 12.6 Å². The van der Waals surface area contributed by atoms with Gasteiger partial charge in [0, 0.05) is 18.8 Å². The second-order valence-electron chi connectivity index (χ2n) is 4.66. The van der Waals surface area contributed by atoms with Gasteiger partial charge in [-0.05, 0) is 46.8 Å². The Morgan fingerprint density at radius 2 is 1.81 bits per heavy atom. The maximum Gasteiger partial charge on any atom is 0.148 e. The summed E-state index contributed by atoms with van der Waals surface area (Å²) in [5.41, 5.74) is 0. The summed E-state index contributed by atoms with van der Waals surface area (Å²) in [6.07, 6.45) is 3.52. The average molecular weight is 250 g/mol. The first-order valence-electron chi connectivity index (χ1n) is 5.91. The summed E-state index contributed by atoms with van der Waals surface area (Å²) in [6.45, 7) is 6.94. The molecule has 0 saturated carbocycles. The Morgan fingerprint density at radius 3 is 2.31 bits per heavy atom. The quantitative estimate of drug-likeness (QED) is 0.613. The van der Waals surface area contributed by atoms with Crippen molar-refractivity contribution in [1.82, 2.24) is 10.2 Å². The van der Waals surface area contributed by atoms with Crippen LogP contribution in [0.1, 0.15) is 26.7 Å². The van der Waals surface area contributed by atoms with Crippen LogP contribution in [-0.4, -0.2) is 58.1 Å². The topological polar surface area (TPSA) is 49.4 Å². The summed E-state index contributed by atoms with van der Waals surface area (Å²) in [5.74, 6) is 0.235. The minimum Gasteiger partial charge on any atom is -0.316 e. The predicted octanol–water partition coefficient (Wildman–Crippen LogP) is 0.741. The van der Waals surface area contributed by atoms with Gasteiger partial charge in [-0.3, -0.25) is 0 Å². The van der Waals surface area contributed by atoms with Crippen LogP contribution in [-0.2, 0) is 9.84 Å². The van der Waals surface area contributed by atoms with Gasteiger partial charge in [0.05, 0.1) is 5.75 Å². The number of hydrogen-bond donors (Lipinski definition) is 1. The van der Waals surface area contributed by atoms with E-state index >= 15 is 0 Å². The van der Waals surface area contributed by atoms with Crippen LogP contribution in [0, 0.1) is 0 Å². The van der Waals surface area contributed by atoms with Crippen LogP contribution in [0.3, 0.4) is 0 Å². The van der Waals surface area contributed by atoms with Crippen LogP contribution in [0.5, 0.6) is 0 Å². The second kappa shape index (κ2) is 8.03. The molecule has 0 aliphatic heterocycles. The van der Waals surface area contributed by atoms with Gasteiger partial charge in [0.1, 0.15) is 9.84 Å². The van der Waals surface area contributed by atoms with E-state index in [2.05, 4.69) is 31.1 Å². The molecule has 0 fully saturated rings. The lowest BCUT2D eigenvalue weighted by molar-refractivity contribution is 0.268. The molecule has 0 radical (unpaired) electrons. The Bertz CT molecular complexity index is 263. The van der Waals surface area contributed by atoms with Crippen molar-refractivity contribution in [3.8, 4) is 0 Å². The molecule has 0 aliphatic carbocycles. The Kier molecular flexibility index (Phi) is 7.97. The molecule has 1 N–H and O–H groups in total. The molecule has 0 spiro atoms. The maximum absolute atomic E-state index is 10.8. The van der Waals surface area contributed by atoms with Crippen LogP contribution in [0.4, 0.5) is 0 Å². The fourth-order valence-corrected chi connectivity index (χ4v) is 1.77. The van der Waals surface area contributed by atoms with E-state index in [1.54, 1.807) is 0 Å². The van der Waals surface area contributed by atoms with Gasteiger partial charge < -0.3 is 10.2 Å². The third-order valence-electron chi connectivity index (χ3n) is 2.65. The minimum atomic E-state index is -2.81. The molecule has 0 amide bonds. The van der Waals surface area contributed by atoms with Gasteiger partial charge in [0.15, 0.2) is 0 Å². The summed E-state index contributed by atoms with van der Waals surface area (Å²) in [7, 11) is -0.686. The van der Waals surface area contributed by atoms with Gasteiger partial charge in [-0.25, -0.2) is 8.42 Å². The molecule has 0 aromatic carbocycles. The fraction of sp³-hybridized carbons (Fsp3) is 1.00. The van der Waals surface area contributed by atoms with Gasteiger partial charge in [-0.1, -0.05) is 0 Å². The van der Waals surface area contributed by atoms with E-state index in [0.717, 1.165) is 25.9 Å². The zero-order valence-corrected chi connectivity index (χ0v) is 11.8. The molecule has 0 aromatic rings. The average Bonchev–Trinajstić information content (AvgIpc) is 2.14. The molecule has 0 aliphatic rings. The first-order valence-corrected chi connectivity index (χ1v) is 7.97. The molecule has 0 bridgehead atoms. The first kappa shape index (κ1) is 15.9. The maximum atomic E-state index is 10.8. The molecule has 4 nitrogen and oxygen atoms in total. The molecule has 0 rings (SSSR count). The van der Waals surface area contributed by atoms with Crippen LogP contribution in [0.15, 0.2) is 0 Å². The lowest BCUT2D eigenvalue weighted by Crippen LogP contribution is -2.28. The molecule has 0 aromatic heterocycles. The Labute approximate surface area is 100 Å². The Morgan fingerprint density at radius 1 is 1.19 bits per heavy atom. The van der Waals surface area contributed by atoms with Crippen molar-refractivity contribution in [2.75, 3.05) is 38.7 Å². The van der Waals surface area contributed by atoms with E-state index < -0.39 is 9.84 Å². The van der Waals surface area contributed by atoms with Gasteiger partial charge >= 0.3 is 0 Å². The van der Waals surface area contributed by atoms with E-state index in [4.69, 9.17) is 0 Å².